The van der Waals surface area contributed by atoms with E-state index < -0.39 is 10.0 Å². The molecular weight excluding hydrogens is 284 g/mol. The van der Waals surface area contributed by atoms with Crippen molar-refractivity contribution in [2.24, 2.45) is 17.8 Å². The molecule has 4 nitrogen and oxygen atoms in total. The summed E-state index contributed by atoms with van der Waals surface area (Å²) in [5, 5.41) is 3.32. The first-order valence-corrected chi connectivity index (χ1v) is 10.4. The Labute approximate surface area is 130 Å². The van der Waals surface area contributed by atoms with Gasteiger partial charge < -0.3 is 5.32 Å². The van der Waals surface area contributed by atoms with E-state index in [9.17, 15) is 8.42 Å². The predicted molar refractivity (Wildman–Crippen MR) is 87.7 cm³/mol. The molecule has 2 fully saturated rings. The minimum absolute atomic E-state index is 0.304. The average Bonchev–Trinajstić information content (AvgIpc) is 2.46. The highest BCUT2D eigenvalue weighted by molar-refractivity contribution is 7.89. The summed E-state index contributed by atoms with van der Waals surface area (Å²) in [5.41, 5.74) is 0. The molecule has 21 heavy (non-hydrogen) atoms. The number of hydrogen-bond donors (Lipinski definition) is 2. The maximum Gasteiger partial charge on any atom is 0.211 e. The Morgan fingerprint density at radius 1 is 1.05 bits per heavy atom. The first-order chi connectivity index (χ1) is 10.1. The van der Waals surface area contributed by atoms with Crippen LogP contribution in [0.2, 0.25) is 0 Å². The van der Waals surface area contributed by atoms with E-state index in [2.05, 4.69) is 17.0 Å². The summed E-state index contributed by atoms with van der Waals surface area (Å²) in [7, 11) is -3.07. The molecule has 0 radical (unpaired) electrons. The summed E-state index contributed by atoms with van der Waals surface area (Å²) in [6.45, 7) is 5.03. The summed E-state index contributed by atoms with van der Waals surface area (Å²) < 4.78 is 26.9. The number of piperidine rings is 1. The van der Waals surface area contributed by atoms with E-state index in [0.717, 1.165) is 50.6 Å². The Hall–Kier alpha value is -0.130. The highest BCUT2D eigenvalue weighted by atomic mass is 32.2. The molecule has 0 bridgehead atoms. The lowest BCUT2D eigenvalue weighted by atomic mass is 9.81. The van der Waals surface area contributed by atoms with Gasteiger partial charge in [-0.2, -0.15) is 0 Å². The molecule has 5 heteroatoms. The molecule has 1 saturated carbocycles. The molecule has 0 spiro atoms. The van der Waals surface area contributed by atoms with E-state index in [1.165, 1.54) is 25.7 Å². The van der Waals surface area contributed by atoms with Crippen LogP contribution in [0.15, 0.2) is 0 Å². The van der Waals surface area contributed by atoms with Crippen LogP contribution in [0.25, 0.3) is 0 Å². The van der Waals surface area contributed by atoms with Gasteiger partial charge in [-0.15, -0.1) is 0 Å². The van der Waals surface area contributed by atoms with Gasteiger partial charge in [0.2, 0.25) is 10.0 Å². The van der Waals surface area contributed by atoms with Gasteiger partial charge in [-0.3, -0.25) is 0 Å². The molecule has 2 unspecified atom stereocenters. The van der Waals surface area contributed by atoms with Crippen molar-refractivity contribution < 1.29 is 8.42 Å². The summed E-state index contributed by atoms with van der Waals surface area (Å²) in [5.74, 6) is 2.43. The van der Waals surface area contributed by atoms with E-state index in [0.29, 0.717) is 18.2 Å². The molecule has 1 aliphatic heterocycles. The maximum absolute atomic E-state index is 12.1. The van der Waals surface area contributed by atoms with Crippen LogP contribution >= 0.6 is 0 Å². The van der Waals surface area contributed by atoms with E-state index in [4.69, 9.17) is 0 Å². The molecule has 0 aromatic carbocycles. The third-order valence-electron chi connectivity index (χ3n) is 5.17. The van der Waals surface area contributed by atoms with Gasteiger partial charge in [-0.1, -0.05) is 26.2 Å². The molecule has 0 aromatic rings. The van der Waals surface area contributed by atoms with Crippen molar-refractivity contribution in [2.45, 2.75) is 58.3 Å². The summed E-state index contributed by atoms with van der Waals surface area (Å²) in [6.07, 6.45) is 9.28. The fourth-order valence-electron chi connectivity index (χ4n) is 3.80. The molecule has 0 amide bonds. The zero-order valence-corrected chi connectivity index (χ0v) is 14.3. The van der Waals surface area contributed by atoms with Gasteiger partial charge in [0, 0.05) is 6.54 Å². The van der Waals surface area contributed by atoms with Gasteiger partial charge in [-0.05, 0) is 62.9 Å². The molecule has 2 rings (SSSR count). The quantitative estimate of drug-likeness (QED) is 0.759. The molecule has 2 aliphatic rings. The van der Waals surface area contributed by atoms with Crippen LogP contribution < -0.4 is 10.0 Å². The largest absolute Gasteiger partial charge is 0.317 e. The van der Waals surface area contributed by atoms with E-state index in [1.807, 2.05) is 0 Å². The van der Waals surface area contributed by atoms with E-state index >= 15 is 0 Å². The Balaban J connectivity index is 1.61. The van der Waals surface area contributed by atoms with Crippen molar-refractivity contribution in [3.63, 3.8) is 0 Å². The van der Waals surface area contributed by atoms with Crippen molar-refractivity contribution >= 4 is 10.0 Å². The minimum Gasteiger partial charge on any atom is -0.317 e. The molecular formula is C16H32N2O2S. The van der Waals surface area contributed by atoms with Gasteiger partial charge in [0.25, 0.3) is 0 Å². The molecule has 2 N–H and O–H groups in total. The van der Waals surface area contributed by atoms with Gasteiger partial charge in [0.15, 0.2) is 0 Å². The lowest BCUT2D eigenvalue weighted by Crippen LogP contribution is -2.32. The van der Waals surface area contributed by atoms with Crippen molar-refractivity contribution in [3.05, 3.63) is 0 Å². The van der Waals surface area contributed by atoms with Crippen LogP contribution in [0.3, 0.4) is 0 Å². The van der Waals surface area contributed by atoms with Crippen molar-refractivity contribution in [2.75, 3.05) is 25.4 Å². The zero-order valence-electron chi connectivity index (χ0n) is 13.4. The fourth-order valence-corrected chi connectivity index (χ4v) is 5.02. The number of nitrogens with one attached hydrogen (secondary N) is 2. The molecule has 124 valence electrons. The molecule has 2 atom stereocenters. The van der Waals surface area contributed by atoms with Crippen molar-refractivity contribution in [3.8, 4) is 0 Å². The van der Waals surface area contributed by atoms with Crippen LogP contribution in [0, 0.1) is 17.8 Å². The first-order valence-electron chi connectivity index (χ1n) is 8.73. The summed E-state index contributed by atoms with van der Waals surface area (Å²) in [6, 6.07) is 0. The van der Waals surface area contributed by atoms with Crippen LogP contribution in [0.4, 0.5) is 0 Å². The first kappa shape index (κ1) is 17.2. The topological polar surface area (TPSA) is 58.2 Å². The minimum atomic E-state index is -3.07. The van der Waals surface area contributed by atoms with Crippen LogP contribution in [-0.2, 0) is 10.0 Å². The average molecular weight is 317 g/mol. The third-order valence-corrected chi connectivity index (χ3v) is 6.59. The second-order valence-electron chi connectivity index (χ2n) is 7.12. The van der Waals surface area contributed by atoms with Gasteiger partial charge >= 0.3 is 0 Å². The second kappa shape index (κ2) is 8.49. The van der Waals surface area contributed by atoms with E-state index in [1.54, 1.807) is 0 Å². The standard InChI is InChI=1S/C16H32N2O2S/c1-14-3-2-4-16(13-14)7-11-18-21(19,20)12-8-15-5-9-17-10-6-15/h14-18H,2-13H2,1H3. The maximum atomic E-state index is 12.1. The van der Waals surface area contributed by atoms with Crippen molar-refractivity contribution in [1.82, 2.24) is 10.0 Å². The highest BCUT2D eigenvalue weighted by Gasteiger charge is 2.20. The Morgan fingerprint density at radius 2 is 1.81 bits per heavy atom. The normalized spacial score (nSPS) is 28.6. The Bertz CT molecular complexity index is 391. The Kier molecular flexibility index (Phi) is 6.96. The van der Waals surface area contributed by atoms with Gasteiger partial charge in [0.05, 0.1) is 5.75 Å². The molecule has 0 aromatic heterocycles. The third kappa shape index (κ3) is 6.66. The number of hydrogen-bond acceptors (Lipinski definition) is 3. The molecule has 1 saturated heterocycles. The smallest absolute Gasteiger partial charge is 0.211 e. The molecule has 1 heterocycles. The summed E-state index contributed by atoms with van der Waals surface area (Å²) in [4.78, 5) is 0. The van der Waals surface area contributed by atoms with Crippen LogP contribution in [0.5, 0.6) is 0 Å². The van der Waals surface area contributed by atoms with Gasteiger partial charge in [0.1, 0.15) is 0 Å². The van der Waals surface area contributed by atoms with Crippen LogP contribution in [-0.4, -0.2) is 33.8 Å². The lowest BCUT2D eigenvalue weighted by molar-refractivity contribution is 0.271. The Morgan fingerprint density at radius 3 is 2.52 bits per heavy atom. The monoisotopic (exact) mass is 316 g/mol. The number of sulfonamides is 1. The van der Waals surface area contributed by atoms with Gasteiger partial charge in [-0.25, -0.2) is 13.1 Å². The zero-order chi connectivity index (χ0) is 15.1. The lowest BCUT2D eigenvalue weighted by Gasteiger charge is -2.26. The fraction of sp³-hybridized carbons (Fsp3) is 1.00. The van der Waals surface area contributed by atoms with E-state index in [-0.39, 0.29) is 0 Å². The second-order valence-corrected chi connectivity index (χ2v) is 9.05. The highest BCUT2D eigenvalue weighted by Crippen LogP contribution is 2.30. The number of rotatable bonds is 7. The summed E-state index contributed by atoms with van der Waals surface area (Å²) >= 11 is 0. The SMILES string of the molecule is CC1CCCC(CCNS(=O)(=O)CCC2CCNCC2)C1. The van der Waals surface area contributed by atoms with Crippen molar-refractivity contribution in [1.29, 1.82) is 0 Å². The molecule has 1 aliphatic carbocycles. The van der Waals surface area contributed by atoms with Crippen LogP contribution in [0.1, 0.15) is 58.3 Å². The predicted octanol–water partition coefficient (Wildman–Crippen LogP) is 2.51.